The molecular weight excluding hydrogens is 368 g/mol. The normalized spacial score (nSPS) is 12.3. The molecule has 0 amide bonds. The third-order valence-corrected chi connectivity index (χ3v) is 4.56. The molecule has 0 spiro atoms. The first-order valence-electron chi connectivity index (χ1n) is 7.99. The van der Waals surface area contributed by atoms with Crippen molar-refractivity contribution in [2.75, 3.05) is 0 Å². The van der Waals surface area contributed by atoms with Gasteiger partial charge in [-0.2, -0.15) is 0 Å². The van der Waals surface area contributed by atoms with Gasteiger partial charge in [0.1, 0.15) is 17.1 Å². The van der Waals surface area contributed by atoms with Crippen molar-refractivity contribution in [3.63, 3.8) is 0 Å². The lowest BCUT2D eigenvalue weighted by atomic mass is 9.82. The number of hydrogen-bond acceptors (Lipinski definition) is 5. The molecular formula is C21H11ClO5. The van der Waals surface area contributed by atoms with Crippen LogP contribution in [0.15, 0.2) is 60.7 Å². The summed E-state index contributed by atoms with van der Waals surface area (Å²) in [5.41, 5.74) is 0.118. The Balaban J connectivity index is 1.75. The molecule has 132 valence electrons. The van der Waals surface area contributed by atoms with Gasteiger partial charge in [-0.25, -0.2) is 4.79 Å². The molecule has 0 saturated carbocycles. The number of rotatable bonds is 2. The van der Waals surface area contributed by atoms with Gasteiger partial charge in [0.05, 0.1) is 5.56 Å². The molecule has 4 rings (SSSR count). The van der Waals surface area contributed by atoms with Crippen LogP contribution in [-0.2, 0) is 0 Å². The van der Waals surface area contributed by atoms with E-state index >= 15 is 0 Å². The van der Waals surface area contributed by atoms with E-state index in [4.69, 9.17) is 16.3 Å². The second-order valence-corrected chi connectivity index (χ2v) is 6.37. The molecule has 0 fully saturated rings. The third-order valence-electron chi connectivity index (χ3n) is 4.31. The molecule has 0 unspecified atom stereocenters. The van der Waals surface area contributed by atoms with E-state index < -0.39 is 17.5 Å². The predicted molar refractivity (Wildman–Crippen MR) is 97.8 cm³/mol. The van der Waals surface area contributed by atoms with Gasteiger partial charge >= 0.3 is 5.97 Å². The molecule has 0 aromatic heterocycles. The summed E-state index contributed by atoms with van der Waals surface area (Å²) in [7, 11) is 0. The largest absolute Gasteiger partial charge is 0.506 e. The maximum absolute atomic E-state index is 12.8. The molecule has 0 saturated heterocycles. The average Bonchev–Trinajstić information content (AvgIpc) is 2.67. The van der Waals surface area contributed by atoms with Gasteiger partial charge in [0.15, 0.2) is 11.6 Å². The smallest absolute Gasteiger partial charge is 0.347 e. The van der Waals surface area contributed by atoms with Crippen molar-refractivity contribution in [3.8, 4) is 11.5 Å². The van der Waals surface area contributed by atoms with Gasteiger partial charge in [-0.1, -0.05) is 35.9 Å². The summed E-state index contributed by atoms with van der Waals surface area (Å²) in [6, 6.07) is 15.1. The van der Waals surface area contributed by atoms with Gasteiger partial charge in [0, 0.05) is 21.7 Å². The van der Waals surface area contributed by atoms with Crippen LogP contribution in [0.5, 0.6) is 11.5 Å². The van der Waals surface area contributed by atoms with Crippen LogP contribution in [0.4, 0.5) is 0 Å². The number of fused-ring (bicyclic) bond motifs is 2. The minimum atomic E-state index is -0.850. The molecule has 3 aromatic rings. The van der Waals surface area contributed by atoms with Crippen molar-refractivity contribution in [3.05, 3.63) is 93.5 Å². The summed E-state index contributed by atoms with van der Waals surface area (Å²) in [5, 5.41) is 11.0. The highest BCUT2D eigenvalue weighted by molar-refractivity contribution is 6.30. The lowest BCUT2D eigenvalue weighted by molar-refractivity contribution is 0.0731. The number of hydrogen-bond donors (Lipinski definition) is 1. The van der Waals surface area contributed by atoms with E-state index in [0.717, 1.165) is 0 Å². The quantitative estimate of drug-likeness (QED) is 0.420. The molecule has 0 bridgehead atoms. The van der Waals surface area contributed by atoms with Crippen LogP contribution in [-0.4, -0.2) is 22.6 Å². The molecule has 0 heterocycles. The van der Waals surface area contributed by atoms with E-state index in [1.54, 1.807) is 30.3 Å². The van der Waals surface area contributed by atoms with Crippen LogP contribution in [0.25, 0.3) is 0 Å². The van der Waals surface area contributed by atoms with Crippen LogP contribution in [0.3, 0.4) is 0 Å². The highest BCUT2D eigenvalue weighted by Gasteiger charge is 2.34. The van der Waals surface area contributed by atoms with Crippen LogP contribution in [0.1, 0.15) is 42.2 Å². The van der Waals surface area contributed by atoms with Gasteiger partial charge in [-0.3, -0.25) is 9.59 Å². The number of phenols is 1. The maximum Gasteiger partial charge on any atom is 0.347 e. The second kappa shape index (κ2) is 6.37. The zero-order valence-electron chi connectivity index (χ0n) is 13.7. The number of carbonyl (C=O) groups is 3. The van der Waals surface area contributed by atoms with Crippen molar-refractivity contribution >= 4 is 29.1 Å². The molecule has 0 atom stereocenters. The minimum absolute atomic E-state index is 0.0549. The summed E-state index contributed by atoms with van der Waals surface area (Å²) in [5.74, 6) is -2.09. The highest BCUT2D eigenvalue weighted by atomic mass is 35.5. The fourth-order valence-corrected chi connectivity index (χ4v) is 3.12. The summed E-state index contributed by atoms with van der Waals surface area (Å²) < 4.78 is 5.21. The fraction of sp³-hybridized carbons (Fsp3) is 0. The molecule has 1 aliphatic rings. The fourth-order valence-electron chi connectivity index (χ4n) is 3.00. The monoisotopic (exact) mass is 378 g/mol. The van der Waals surface area contributed by atoms with E-state index in [1.807, 2.05) is 0 Å². The number of carbonyl (C=O) groups excluding carboxylic acids is 3. The van der Waals surface area contributed by atoms with Gasteiger partial charge in [0.25, 0.3) is 0 Å². The van der Waals surface area contributed by atoms with E-state index in [9.17, 15) is 19.5 Å². The van der Waals surface area contributed by atoms with Gasteiger partial charge in [-0.15, -0.1) is 0 Å². The standard InChI is InChI=1S/C21H11ClO5/c22-11-5-7-12(8-6-11)27-21(26)16-10-9-15-17(20(16)25)19(24)14-4-2-1-3-13(14)18(15)23/h1-10,25H. The Morgan fingerprint density at radius 3 is 2.11 bits per heavy atom. The topological polar surface area (TPSA) is 80.7 Å². The Morgan fingerprint density at radius 1 is 0.815 bits per heavy atom. The first-order chi connectivity index (χ1) is 13.0. The summed E-state index contributed by atoms with van der Waals surface area (Å²) in [4.78, 5) is 37.8. The number of esters is 1. The zero-order chi connectivity index (χ0) is 19.1. The van der Waals surface area contributed by atoms with Crippen LogP contribution in [0, 0.1) is 0 Å². The molecule has 5 nitrogen and oxygen atoms in total. The zero-order valence-corrected chi connectivity index (χ0v) is 14.5. The molecule has 1 aliphatic carbocycles. The summed E-state index contributed by atoms with van der Waals surface area (Å²) in [6.07, 6.45) is 0. The first kappa shape index (κ1) is 17.0. The van der Waals surface area contributed by atoms with Crippen molar-refractivity contribution in [2.45, 2.75) is 0 Å². The summed E-state index contributed by atoms with van der Waals surface area (Å²) in [6.45, 7) is 0. The van der Waals surface area contributed by atoms with E-state index in [2.05, 4.69) is 0 Å². The van der Waals surface area contributed by atoms with Crippen molar-refractivity contribution < 1.29 is 24.2 Å². The van der Waals surface area contributed by atoms with E-state index in [-0.39, 0.29) is 39.4 Å². The maximum atomic E-state index is 12.8. The average molecular weight is 379 g/mol. The van der Waals surface area contributed by atoms with Gasteiger partial charge in [0.2, 0.25) is 0 Å². The predicted octanol–water partition coefficient (Wildman–Crippen LogP) is 4.04. The Kier molecular flexibility index (Phi) is 4.01. The van der Waals surface area contributed by atoms with Crippen LogP contribution < -0.4 is 4.74 Å². The number of benzene rings is 3. The Bertz CT molecular complexity index is 1120. The Morgan fingerprint density at radius 2 is 1.44 bits per heavy atom. The third kappa shape index (κ3) is 2.78. The lowest BCUT2D eigenvalue weighted by Gasteiger charge is -2.19. The molecule has 3 aromatic carbocycles. The van der Waals surface area contributed by atoms with Gasteiger partial charge in [-0.05, 0) is 36.4 Å². The van der Waals surface area contributed by atoms with Crippen molar-refractivity contribution in [1.29, 1.82) is 0 Å². The van der Waals surface area contributed by atoms with Crippen molar-refractivity contribution in [2.24, 2.45) is 0 Å². The molecule has 6 heteroatoms. The highest BCUT2D eigenvalue weighted by Crippen LogP contribution is 2.35. The minimum Gasteiger partial charge on any atom is -0.506 e. The number of phenolic OH excluding ortho intramolecular Hbond substituents is 1. The van der Waals surface area contributed by atoms with Crippen LogP contribution >= 0.6 is 11.6 Å². The molecule has 0 aliphatic heterocycles. The van der Waals surface area contributed by atoms with E-state index in [1.165, 1.54) is 30.3 Å². The molecule has 27 heavy (non-hydrogen) atoms. The second-order valence-electron chi connectivity index (χ2n) is 5.93. The first-order valence-corrected chi connectivity index (χ1v) is 8.37. The van der Waals surface area contributed by atoms with Crippen molar-refractivity contribution in [1.82, 2.24) is 0 Å². The van der Waals surface area contributed by atoms with Crippen LogP contribution in [0.2, 0.25) is 5.02 Å². The van der Waals surface area contributed by atoms with Gasteiger partial charge < -0.3 is 9.84 Å². The molecule has 1 N–H and O–H groups in total. The Labute approximate surface area is 158 Å². The Hall–Kier alpha value is -3.44. The lowest BCUT2D eigenvalue weighted by Crippen LogP contribution is -2.22. The SMILES string of the molecule is O=C(Oc1ccc(Cl)cc1)c1ccc2c(c1O)C(=O)c1ccccc1C2=O. The number of aromatic hydroxyl groups is 1. The number of ether oxygens (including phenoxy) is 1. The van der Waals surface area contributed by atoms with E-state index in [0.29, 0.717) is 5.02 Å². The number of halogens is 1. The number of ketones is 2. The molecule has 0 radical (unpaired) electrons. The summed E-state index contributed by atoms with van der Waals surface area (Å²) >= 11 is 5.79.